The van der Waals surface area contributed by atoms with E-state index in [2.05, 4.69) is 10.6 Å². The van der Waals surface area contributed by atoms with E-state index in [1.807, 2.05) is 26.8 Å². The van der Waals surface area contributed by atoms with Crippen molar-refractivity contribution in [2.45, 2.75) is 39.3 Å². The lowest BCUT2D eigenvalue weighted by atomic mass is 10.0. The van der Waals surface area contributed by atoms with E-state index >= 15 is 0 Å². The standard InChI is InChI=1S/C16H24N2O3/c1-4-13(10-19)17-16(21)14(11(2)3)18-15(20)12-8-6-5-7-9-12/h5-9,11,13-14,19H,4,10H2,1-3H3,(H,17,21)(H,18,20). The number of nitrogens with one attached hydrogen (secondary N) is 2. The molecule has 5 heteroatoms. The van der Waals surface area contributed by atoms with Gasteiger partial charge < -0.3 is 15.7 Å². The van der Waals surface area contributed by atoms with Crippen molar-refractivity contribution >= 4 is 11.8 Å². The Morgan fingerprint density at radius 3 is 2.24 bits per heavy atom. The molecule has 0 radical (unpaired) electrons. The van der Waals surface area contributed by atoms with Gasteiger partial charge >= 0.3 is 0 Å². The van der Waals surface area contributed by atoms with Gasteiger partial charge in [-0.05, 0) is 24.5 Å². The lowest BCUT2D eigenvalue weighted by Gasteiger charge is -2.24. The minimum Gasteiger partial charge on any atom is -0.394 e. The molecular weight excluding hydrogens is 268 g/mol. The molecule has 0 saturated heterocycles. The van der Waals surface area contributed by atoms with Crippen molar-refractivity contribution in [3.05, 3.63) is 35.9 Å². The second-order valence-corrected chi connectivity index (χ2v) is 5.36. The Hall–Kier alpha value is -1.88. The summed E-state index contributed by atoms with van der Waals surface area (Å²) in [5, 5.41) is 14.7. The van der Waals surface area contributed by atoms with Gasteiger partial charge in [-0.15, -0.1) is 0 Å². The molecule has 2 atom stereocenters. The highest BCUT2D eigenvalue weighted by Gasteiger charge is 2.25. The quantitative estimate of drug-likeness (QED) is 0.709. The van der Waals surface area contributed by atoms with Gasteiger partial charge in [0, 0.05) is 5.56 Å². The van der Waals surface area contributed by atoms with Crippen LogP contribution in [0.5, 0.6) is 0 Å². The lowest BCUT2D eigenvalue weighted by Crippen LogP contribution is -2.52. The summed E-state index contributed by atoms with van der Waals surface area (Å²) in [6.45, 7) is 5.51. The molecule has 1 aromatic carbocycles. The van der Waals surface area contributed by atoms with Gasteiger partial charge in [0.25, 0.3) is 5.91 Å². The highest BCUT2D eigenvalue weighted by Crippen LogP contribution is 2.06. The molecule has 2 unspecified atom stereocenters. The third kappa shape index (κ3) is 5.19. The third-order valence-corrected chi connectivity index (χ3v) is 3.33. The Bertz CT molecular complexity index is 456. The van der Waals surface area contributed by atoms with Crippen molar-refractivity contribution in [3.8, 4) is 0 Å². The Labute approximate surface area is 125 Å². The van der Waals surface area contributed by atoms with Gasteiger partial charge in [0.2, 0.25) is 5.91 Å². The fraction of sp³-hybridized carbons (Fsp3) is 0.500. The summed E-state index contributed by atoms with van der Waals surface area (Å²) in [5.41, 5.74) is 0.519. The van der Waals surface area contributed by atoms with Crippen LogP contribution in [-0.4, -0.2) is 35.6 Å². The zero-order valence-electron chi connectivity index (χ0n) is 12.8. The van der Waals surface area contributed by atoms with Crippen molar-refractivity contribution < 1.29 is 14.7 Å². The minimum atomic E-state index is -0.627. The predicted molar refractivity (Wildman–Crippen MR) is 81.8 cm³/mol. The van der Waals surface area contributed by atoms with Crippen LogP contribution in [0.3, 0.4) is 0 Å². The average molecular weight is 292 g/mol. The van der Waals surface area contributed by atoms with Crippen LogP contribution >= 0.6 is 0 Å². The fourth-order valence-corrected chi connectivity index (χ4v) is 1.92. The Kier molecular flexibility index (Phi) is 6.88. The number of hydrogen-bond acceptors (Lipinski definition) is 3. The van der Waals surface area contributed by atoms with Gasteiger partial charge in [-0.25, -0.2) is 0 Å². The topological polar surface area (TPSA) is 78.4 Å². The zero-order chi connectivity index (χ0) is 15.8. The Morgan fingerprint density at radius 1 is 1.14 bits per heavy atom. The largest absolute Gasteiger partial charge is 0.394 e. The molecule has 0 aromatic heterocycles. The number of hydrogen-bond donors (Lipinski definition) is 3. The molecule has 0 saturated carbocycles. The van der Waals surface area contributed by atoms with Crippen LogP contribution in [0.15, 0.2) is 30.3 Å². The van der Waals surface area contributed by atoms with Crippen LogP contribution < -0.4 is 10.6 Å². The summed E-state index contributed by atoms with van der Waals surface area (Å²) >= 11 is 0. The smallest absolute Gasteiger partial charge is 0.251 e. The van der Waals surface area contributed by atoms with E-state index in [4.69, 9.17) is 5.11 Å². The maximum atomic E-state index is 12.2. The van der Waals surface area contributed by atoms with Crippen molar-refractivity contribution in [1.82, 2.24) is 10.6 Å². The van der Waals surface area contributed by atoms with E-state index in [0.717, 1.165) is 0 Å². The average Bonchev–Trinajstić information content (AvgIpc) is 2.50. The van der Waals surface area contributed by atoms with Gasteiger partial charge in [-0.1, -0.05) is 39.0 Å². The fourth-order valence-electron chi connectivity index (χ4n) is 1.92. The first-order valence-corrected chi connectivity index (χ1v) is 7.26. The zero-order valence-corrected chi connectivity index (χ0v) is 12.8. The van der Waals surface area contributed by atoms with Gasteiger partial charge in [-0.3, -0.25) is 9.59 Å². The van der Waals surface area contributed by atoms with Gasteiger partial charge in [0.15, 0.2) is 0 Å². The normalized spacial score (nSPS) is 13.6. The molecule has 116 valence electrons. The Balaban J connectivity index is 2.74. The highest BCUT2D eigenvalue weighted by atomic mass is 16.3. The third-order valence-electron chi connectivity index (χ3n) is 3.33. The van der Waals surface area contributed by atoms with Crippen molar-refractivity contribution in [3.63, 3.8) is 0 Å². The molecule has 3 N–H and O–H groups in total. The van der Waals surface area contributed by atoms with Crippen molar-refractivity contribution in [2.24, 2.45) is 5.92 Å². The predicted octanol–water partition coefficient (Wildman–Crippen LogP) is 1.33. The number of rotatable bonds is 7. The molecule has 2 amide bonds. The van der Waals surface area contributed by atoms with E-state index < -0.39 is 6.04 Å². The number of benzene rings is 1. The monoisotopic (exact) mass is 292 g/mol. The van der Waals surface area contributed by atoms with E-state index in [1.54, 1.807) is 24.3 Å². The first-order chi connectivity index (χ1) is 9.99. The summed E-state index contributed by atoms with van der Waals surface area (Å²) in [5.74, 6) is -0.592. The van der Waals surface area contributed by atoms with Crippen LogP contribution in [0.25, 0.3) is 0 Å². The molecule has 1 rings (SSSR count). The van der Waals surface area contributed by atoms with Gasteiger partial charge in [0.05, 0.1) is 12.6 Å². The molecule has 21 heavy (non-hydrogen) atoms. The molecule has 0 aliphatic heterocycles. The molecule has 1 aromatic rings. The maximum absolute atomic E-state index is 12.2. The van der Waals surface area contributed by atoms with Crippen molar-refractivity contribution in [2.75, 3.05) is 6.61 Å². The number of carbonyl (C=O) groups excluding carboxylic acids is 2. The molecule has 0 aliphatic carbocycles. The lowest BCUT2D eigenvalue weighted by molar-refractivity contribution is -0.125. The highest BCUT2D eigenvalue weighted by molar-refractivity contribution is 5.97. The summed E-state index contributed by atoms with van der Waals surface area (Å²) in [4.78, 5) is 24.4. The summed E-state index contributed by atoms with van der Waals surface area (Å²) in [6, 6.07) is 7.87. The number of aliphatic hydroxyl groups excluding tert-OH is 1. The first-order valence-electron chi connectivity index (χ1n) is 7.26. The van der Waals surface area contributed by atoms with Gasteiger partial charge in [-0.2, -0.15) is 0 Å². The first kappa shape index (κ1) is 17.2. The van der Waals surface area contributed by atoms with Crippen LogP contribution in [-0.2, 0) is 4.79 Å². The molecule has 0 aliphatic rings. The van der Waals surface area contributed by atoms with Gasteiger partial charge in [0.1, 0.15) is 6.04 Å². The summed E-state index contributed by atoms with van der Waals surface area (Å²) in [7, 11) is 0. The van der Waals surface area contributed by atoms with Crippen LogP contribution in [0.4, 0.5) is 0 Å². The van der Waals surface area contributed by atoms with Crippen LogP contribution in [0, 0.1) is 5.92 Å². The number of amides is 2. The van der Waals surface area contributed by atoms with E-state index in [0.29, 0.717) is 12.0 Å². The second-order valence-electron chi connectivity index (χ2n) is 5.36. The number of carbonyl (C=O) groups is 2. The van der Waals surface area contributed by atoms with E-state index in [1.165, 1.54) is 0 Å². The van der Waals surface area contributed by atoms with E-state index in [9.17, 15) is 9.59 Å². The second kappa shape index (κ2) is 8.42. The summed E-state index contributed by atoms with van der Waals surface area (Å²) < 4.78 is 0. The minimum absolute atomic E-state index is 0.0474. The molecule has 0 bridgehead atoms. The maximum Gasteiger partial charge on any atom is 0.251 e. The molecule has 0 spiro atoms. The molecule has 5 nitrogen and oxygen atoms in total. The summed E-state index contributed by atoms with van der Waals surface area (Å²) in [6.07, 6.45) is 0.639. The molecule has 0 fully saturated rings. The van der Waals surface area contributed by atoms with E-state index in [-0.39, 0.29) is 30.4 Å². The van der Waals surface area contributed by atoms with Crippen molar-refractivity contribution in [1.29, 1.82) is 0 Å². The van der Waals surface area contributed by atoms with Crippen LogP contribution in [0.1, 0.15) is 37.6 Å². The SMILES string of the molecule is CCC(CO)NC(=O)C(NC(=O)c1ccccc1)C(C)C. The molecular formula is C16H24N2O3. The Morgan fingerprint density at radius 2 is 1.76 bits per heavy atom. The molecule has 0 heterocycles. The number of aliphatic hydroxyl groups is 1. The van der Waals surface area contributed by atoms with Crippen LogP contribution in [0.2, 0.25) is 0 Å².